The number of benzene rings is 1. The van der Waals surface area contributed by atoms with Crippen LogP contribution in [0.5, 0.6) is 0 Å². The smallest absolute Gasteiger partial charge is 0.106 e. The summed E-state index contributed by atoms with van der Waals surface area (Å²) in [5, 5.41) is 0. The maximum Gasteiger partial charge on any atom is 0.106 e. The first kappa shape index (κ1) is 10.1. The van der Waals surface area contributed by atoms with Crippen LogP contribution in [0.25, 0.3) is 11.0 Å². The zero-order valence-electron chi connectivity index (χ0n) is 9.03. The molecule has 0 aliphatic heterocycles. The highest BCUT2D eigenvalue weighted by Gasteiger charge is 2.07. The quantitative estimate of drug-likeness (QED) is 0.769. The zero-order valence-corrected chi connectivity index (χ0v) is 9.03. The molecule has 2 rings (SSSR count). The Kier molecular flexibility index (Phi) is 2.70. The Morgan fingerprint density at radius 1 is 1.47 bits per heavy atom. The zero-order chi connectivity index (χ0) is 10.8. The fourth-order valence-electron chi connectivity index (χ4n) is 1.76. The van der Waals surface area contributed by atoms with Gasteiger partial charge in [-0.25, -0.2) is 10.9 Å². The molecule has 0 aliphatic rings. The highest BCUT2D eigenvalue weighted by atomic mass is 16.6. The molecule has 0 radical (unpaired) electrons. The highest BCUT2D eigenvalue weighted by Crippen LogP contribution is 2.19. The van der Waals surface area contributed by atoms with Crippen LogP contribution in [0.15, 0.2) is 18.2 Å². The Balaban J connectivity index is 2.51. The van der Waals surface area contributed by atoms with Crippen molar-refractivity contribution in [2.75, 3.05) is 6.61 Å². The molecule has 0 fully saturated rings. The standard InChI is InChI=1S/C11H15N3O/c1-8-13-11-9(6-7-15-12)4-3-5-10(11)14(8)2/h3-5H,6-7,12H2,1-2H3. The number of aryl methyl sites for hydroxylation is 2. The van der Waals surface area contributed by atoms with E-state index in [9.17, 15) is 0 Å². The SMILES string of the molecule is Cc1nc2c(CCON)cccc2n1C. The van der Waals surface area contributed by atoms with E-state index in [0.29, 0.717) is 6.61 Å². The molecule has 4 nitrogen and oxygen atoms in total. The van der Waals surface area contributed by atoms with Crippen LogP contribution in [-0.4, -0.2) is 16.2 Å². The fourth-order valence-corrected chi connectivity index (χ4v) is 1.76. The number of fused-ring (bicyclic) bond motifs is 1. The summed E-state index contributed by atoms with van der Waals surface area (Å²) in [6.07, 6.45) is 0.796. The summed E-state index contributed by atoms with van der Waals surface area (Å²) in [6, 6.07) is 6.17. The molecule has 0 saturated heterocycles. The lowest BCUT2D eigenvalue weighted by Crippen LogP contribution is -2.04. The van der Waals surface area contributed by atoms with Crippen LogP contribution in [0.2, 0.25) is 0 Å². The van der Waals surface area contributed by atoms with Crippen LogP contribution in [0.3, 0.4) is 0 Å². The van der Waals surface area contributed by atoms with E-state index in [1.807, 2.05) is 20.0 Å². The number of hydrogen-bond donors (Lipinski definition) is 1. The minimum absolute atomic E-state index is 0.523. The minimum atomic E-state index is 0.523. The maximum atomic E-state index is 5.03. The molecule has 1 aromatic carbocycles. The van der Waals surface area contributed by atoms with Crippen molar-refractivity contribution in [2.45, 2.75) is 13.3 Å². The molecular weight excluding hydrogens is 190 g/mol. The molecule has 2 N–H and O–H groups in total. The van der Waals surface area contributed by atoms with Gasteiger partial charge in [0.05, 0.1) is 17.6 Å². The van der Waals surface area contributed by atoms with Crippen LogP contribution in [-0.2, 0) is 18.3 Å². The molecule has 0 aliphatic carbocycles. The lowest BCUT2D eigenvalue weighted by atomic mass is 10.1. The van der Waals surface area contributed by atoms with Gasteiger partial charge in [0.1, 0.15) is 5.82 Å². The topological polar surface area (TPSA) is 53.1 Å². The summed E-state index contributed by atoms with van der Waals surface area (Å²) < 4.78 is 2.09. The van der Waals surface area contributed by atoms with Gasteiger partial charge in [-0.15, -0.1) is 0 Å². The number of hydrogen-bond acceptors (Lipinski definition) is 3. The van der Waals surface area contributed by atoms with E-state index in [4.69, 9.17) is 5.90 Å². The molecule has 4 heteroatoms. The first-order chi connectivity index (χ1) is 7.24. The molecule has 80 valence electrons. The Morgan fingerprint density at radius 3 is 3.00 bits per heavy atom. The summed E-state index contributed by atoms with van der Waals surface area (Å²) in [5.74, 6) is 6.05. The predicted molar refractivity (Wildman–Crippen MR) is 59.3 cm³/mol. The van der Waals surface area contributed by atoms with E-state index >= 15 is 0 Å². The Hall–Kier alpha value is -1.39. The number of nitrogens with zero attached hydrogens (tertiary/aromatic N) is 2. The number of aromatic nitrogens is 2. The largest absolute Gasteiger partial charge is 0.331 e. The average molecular weight is 205 g/mol. The van der Waals surface area contributed by atoms with Crippen molar-refractivity contribution < 1.29 is 4.84 Å². The first-order valence-corrected chi connectivity index (χ1v) is 4.96. The molecule has 2 aromatic rings. The molecule has 1 heterocycles. The monoisotopic (exact) mass is 205 g/mol. The van der Waals surface area contributed by atoms with Crippen LogP contribution in [0.1, 0.15) is 11.4 Å². The van der Waals surface area contributed by atoms with Crippen LogP contribution >= 0.6 is 0 Å². The van der Waals surface area contributed by atoms with E-state index < -0.39 is 0 Å². The fraction of sp³-hybridized carbons (Fsp3) is 0.364. The van der Waals surface area contributed by atoms with E-state index in [2.05, 4.69) is 26.5 Å². The van der Waals surface area contributed by atoms with Crippen LogP contribution < -0.4 is 5.90 Å². The molecule has 15 heavy (non-hydrogen) atoms. The Bertz CT molecular complexity index is 476. The van der Waals surface area contributed by atoms with Crippen LogP contribution in [0, 0.1) is 6.92 Å². The molecule has 0 amide bonds. The molecular formula is C11H15N3O. The van der Waals surface area contributed by atoms with Gasteiger partial charge in [-0.2, -0.15) is 0 Å². The Morgan fingerprint density at radius 2 is 2.27 bits per heavy atom. The molecule has 1 aromatic heterocycles. The van der Waals surface area contributed by atoms with Crippen molar-refractivity contribution in [3.63, 3.8) is 0 Å². The van der Waals surface area contributed by atoms with Gasteiger partial charge in [0.25, 0.3) is 0 Å². The molecule has 0 unspecified atom stereocenters. The number of imidazole rings is 1. The lowest BCUT2D eigenvalue weighted by molar-refractivity contribution is 0.141. The van der Waals surface area contributed by atoms with Crippen molar-refractivity contribution in [1.29, 1.82) is 0 Å². The van der Waals surface area contributed by atoms with Gasteiger partial charge in [0.15, 0.2) is 0 Å². The molecule has 0 bridgehead atoms. The van der Waals surface area contributed by atoms with Gasteiger partial charge < -0.3 is 9.40 Å². The van der Waals surface area contributed by atoms with Crippen molar-refractivity contribution in [1.82, 2.24) is 9.55 Å². The third kappa shape index (κ3) is 1.73. The molecule has 0 saturated carbocycles. The van der Waals surface area contributed by atoms with Gasteiger partial charge in [-0.3, -0.25) is 0 Å². The van der Waals surface area contributed by atoms with E-state index in [1.54, 1.807) is 0 Å². The third-order valence-corrected chi connectivity index (χ3v) is 2.71. The average Bonchev–Trinajstić information content (AvgIpc) is 2.53. The molecule has 0 atom stereocenters. The normalized spacial score (nSPS) is 11.1. The summed E-state index contributed by atoms with van der Waals surface area (Å²) >= 11 is 0. The minimum Gasteiger partial charge on any atom is -0.331 e. The number of nitrogens with two attached hydrogens (primary N) is 1. The Labute approximate surface area is 88.6 Å². The van der Waals surface area contributed by atoms with E-state index in [1.165, 1.54) is 5.56 Å². The van der Waals surface area contributed by atoms with Gasteiger partial charge in [0, 0.05) is 7.05 Å². The van der Waals surface area contributed by atoms with Crippen molar-refractivity contribution >= 4 is 11.0 Å². The summed E-state index contributed by atoms with van der Waals surface area (Å²) in [4.78, 5) is 9.13. The summed E-state index contributed by atoms with van der Waals surface area (Å²) in [6.45, 7) is 2.53. The van der Waals surface area contributed by atoms with E-state index in [0.717, 1.165) is 23.3 Å². The van der Waals surface area contributed by atoms with Gasteiger partial charge in [-0.05, 0) is 25.0 Å². The second-order valence-corrected chi connectivity index (χ2v) is 3.62. The highest BCUT2D eigenvalue weighted by molar-refractivity contribution is 5.79. The van der Waals surface area contributed by atoms with Crippen molar-refractivity contribution in [3.8, 4) is 0 Å². The lowest BCUT2D eigenvalue weighted by Gasteiger charge is -2.01. The van der Waals surface area contributed by atoms with Crippen LogP contribution in [0.4, 0.5) is 0 Å². The second-order valence-electron chi connectivity index (χ2n) is 3.62. The van der Waals surface area contributed by atoms with E-state index in [-0.39, 0.29) is 0 Å². The number of para-hydroxylation sites is 1. The summed E-state index contributed by atoms with van der Waals surface area (Å²) in [5.41, 5.74) is 3.39. The van der Waals surface area contributed by atoms with Gasteiger partial charge in [0.2, 0.25) is 0 Å². The van der Waals surface area contributed by atoms with Gasteiger partial charge >= 0.3 is 0 Å². The summed E-state index contributed by atoms with van der Waals surface area (Å²) in [7, 11) is 2.02. The second kappa shape index (κ2) is 4.00. The van der Waals surface area contributed by atoms with Crippen molar-refractivity contribution in [3.05, 3.63) is 29.6 Å². The third-order valence-electron chi connectivity index (χ3n) is 2.71. The maximum absolute atomic E-state index is 5.03. The number of rotatable bonds is 3. The molecule has 0 spiro atoms. The van der Waals surface area contributed by atoms with Crippen molar-refractivity contribution in [2.24, 2.45) is 12.9 Å². The first-order valence-electron chi connectivity index (χ1n) is 4.96. The predicted octanol–water partition coefficient (Wildman–Crippen LogP) is 1.31. The van der Waals surface area contributed by atoms with Gasteiger partial charge in [-0.1, -0.05) is 12.1 Å².